The van der Waals surface area contributed by atoms with Crippen molar-refractivity contribution in [2.45, 2.75) is 12.8 Å². The van der Waals surface area contributed by atoms with Crippen molar-refractivity contribution in [3.05, 3.63) is 63.8 Å². The number of methoxy groups -OCH3 is 2. The molecule has 35 heavy (non-hydrogen) atoms. The number of carbonyl (C=O) groups is 1. The monoisotopic (exact) mass is 512 g/mol. The first kappa shape index (κ1) is 24.7. The molecule has 0 atom stereocenters. The maximum absolute atomic E-state index is 12.1. The number of H-pyrrole nitrogens is 1. The van der Waals surface area contributed by atoms with Crippen molar-refractivity contribution in [2.75, 3.05) is 38.5 Å². The Morgan fingerprint density at radius 3 is 2.43 bits per heavy atom. The van der Waals surface area contributed by atoms with Crippen molar-refractivity contribution in [3.63, 3.8) is 0 Å². The zero-order chi connectivity index (χ0) is 25.3. The average molecular weight is 513 g/mol. The van der Waals surface area contributed by atoms with Crippen molar-refractivity contribution < 1.29 is 14.3 Å². The van der Waals surface area contributed by atoms with E-state index in [0.29, 0.717) is 45.6 Å². The molecule has 0 spiro atoms. The molecule has 0 radical (unpaired) electrons. The topological polar surface area (TPSA) is 79.5 Å². The average Bonchev–Trinajstić information content (AvgIpc) is 3.27. The minimum absolute atomic E-state index is 0.287. The number of halogens is 2. The fraction of sp³-hybridized carbons (Fsp3) is 0.231. The van der Waals surface area contributed by atoms with Crippen LogP contribution in [0.15, 0.2) is 36.9 Å². The molecule has 1 heterocycles. The molecule has 0 unspecified atom stereocenters. The van der Waals surface area contributed by atoms with Crippen LogP contribution in [0.5, 0.6) is 11.5 Å². The van der Waals surface area contributed by atoms with E-state index in [0.717, 1.165) is 33.8 Å². The van der Waals surface area contributed by atoms with Crippen LogP contribution in [-0.2, 0) is 11.2 Å². The predicted octanol–water partition coefficient (Wildman–Crippen LogP) is 6.08. The fourth-order valence-corrected chi connectivity index (χ4v) is 4.89. The van der Waals surface area contributed by atoms with Crippen molar-refractivity contribution in [1.82, 2.24) is 10.2 Å². The Morgan fingerprint density at radius 1 is 1.14 bits per heavy atom. The van der Waals surface area contributed by atoms with Gasteiger partial charge >= 0.3 is 0 Å². The number of rotatable bonds is 7. The van der Waals surface area contributed by atoms with Crippen LogP contribution >= 0.6 is 23.2 Å². The summed E-state index contributed by atoms with van der Waals surface area (Å²) in [5.74, 6) is 0.692. The van der Waals surface area contributed by atoms with E-state index >= 15 is 0 Å². The molecule has 0 saturated heterocycles. The van der Waals surface area contributed by atoms with Crippen molar-refractivity contribution in [3.8, 4) is 22.8 Å². The standard InChI is InChI=1S/C26H26Cl2N4O3/c1-6-22(33)29-18-12-15(32(2)3)8-10-16(18)26-17-9-7-14(11-19(17)30-31-26)23-24(27)20(34-4)13-21(35-5)25(23)28/h6,8,10-13H,1,7,9H2,2-5H3,(H,29,33)(H,30,31). The molecule has 1 amide bonds. The summed E-state index contributed by atoms with van der Waals surface area (Å²) < 4.78 is 10.8. The van der Waals surface area contributed by atoms with Crippen molar-refractivity contribution >= 4 is 52.1 Å². The molecule has 1 aliphatic rings. The Bertz CT molecular complexity index is 1320. The van der Waals surface area contributed by atoms with Crippen LogP contribution in [0.3, 0.4) is 0 Å². The Morgan fingerprint density at radius 2 is 1.83 bits per heavy atom. The Kier molecular flexibility index (Phi) is 7.10. The summed E-state index contributed by atoms with van der Waals surface area (Å²) in [5, 5.41) is 11.5. The van der Waals surface area contributed by atoms with Gasteiger partial charge in [0.25, 0.3) is 0 Å². The van der Waals surface area contributed by atoms with Gasteiger partial charge < -0.3 is 19.7 Å². The van der Waals surface area contributed by atoms with Crippen molar-refractivity contribution in [1.29, 1.82) is 0 Å². The quantitative estimate of drug-likeness (QED) is 0.375. The first-order valence-corrected chi connectivity index (χ1v) is 11.7. The normalized spacial score (nSPS) is 12.5. The summed E-state index contributed by atoms with van der Waals surface area (Å²) in [5.41, 5.74) is 6.74. The summed E-state index contributed by atoms with van der Waals surface area (Å²) in [7, 11) is 7.00. The molecule has 2 aromatic carbocycles. The number of aromatic nitrogens is 2. The number of nitrogens with one attached hydrogen (secondary N) is 2. The summed E-state index contributed by atoms with van der Waals surface area (Å²) in [6.45, 7) is 3.56. The lowest BCUT2D eigenvalue weighted by atomic mass is 9.89. The Hall–Kier alpha value is -3.42. The highest BCUT2D eigenvalue weighted by Crippen LogP contribution is 2.47. The molecule has 1 aliphatic carbocycles. The van der Waals surface area contributed by atoms with Gasteiger partial charge in [-0.05, 0) is 48.8 Å². The van der Waals surface area contributed by atoms with Gasteiger partial charge in [-0.1, -0.05) is 29.8 Å². The second-order valence-corrected chi connectivity index (χ2v) is 8.99. The molecule has 0 bridgehead atoms. The smallest absolute Gasteiger partial charge is 0.247 e. The van der Waals surface area contributed by atoms with Gasteiger partial charge in [0.2, 0.25) is 5.91 Å². The molecule has 4 rings (SSSR count). The highest BCUT2D eigenvalue weighted by atomic mass is 35.5. The molecular weight excluding hydrogens is 487 g/mol. The lowest BCUT2D eigenvalue weighted by Crippen LogP contribution is -2.12. The van der Waals surface area contributed by atoms with Crippen LogP contribution in [-0.4, -0.2) is 44.4 Å². The zero-order valence-electron chi connectivity index (χ0n) is 20.0. The summed E-state index contributed by atoms with van der Waals surface area (Å²) in [6, 6.07) is 7.55. The molecule has 1 aromatic heterocycles. The second-order valence-electron chi connectivity index (χ2n) is 8.24. The maximum atomic E-state index is 12.1. The third-order valence-electron chi connectivity index (χ3n) is 5.97. The van der Waals surface area contributed by atoms with Gasteiger partial charge in [-0.25, -0.2) is 0 Å². The van der Waals surface area contributed by atoms with Crippen LogP contribution in [0.2, 0.25) is 10.0 Å². The van der Waals surface area contributed by atoms with E-state index in [1.54, 1.807) is 20.3 Å². The summed E-state index contributed by atoms with van der Waals surface area (Å²) >= 11 is 13.3. The van der Waals surface area contributed by atoms with Crippen LogP contribution in [0, 0.1) is 0 Å². The fourth-order valence-electron chi connectivity index (χ4n) is 4.15. The van der Waals surface area contributed by atoms with Gasteiger partial charge in [0.15, 0.2) is 0 Å². The molecule has 2 N–H and O–H groups in total. The minimum Gasteiger partial charge on any atom is -0.495 e. The third kappa shape index (κ3) is 4.61. The largest absolute Gasteiger partial charge is 0.495 e. The highest BCUT2D eigenvalue weighted by Gasteiger charge is 2.26. The lowest BCUT2D eigenvalue weighted by molar-refractivity contribution is -0.111. The van der Waals surface area contributed by atoms with E-state index in [9.17, 15) is 4.79 Å². The number of nitrogens with zero attached hydrogens (tertiary/aromatic N) is 2. The molecule has 182 valence electrons. The van der Waals surface area contributed by atoms with Gasteiger partial charge in [0.1, 0.15) is 11.5 Å². The number of benzene rings is 2. The van der Waals surface area contributed by atoms with Gasteiger partial charge in [-0.2, -0.15) is 5.10 Å². The lowest BCUT2D eigenvalue weighted by Gasteiger charge is -2.20. The minimum atomic E-state index is -0.287. The molecule has 9 heteroatoms. The third-order valence-corrected chi connectivity index (χ3v) is 6.73. The molecule has 0 fully saturated rings. The molecule has 3 aromatic rings. The number of ether oxygens (including phenoxy) is 2. The van der Waals surface area contributed by atoms with E-state index in [1.807, 2.05) is 43.3 Å². The molecular formula is C26H26Cl2N4O3. The molecule has 0 saturated carbocycles. The van der Waals surface area contributed by atoms with Crippen molar-refractivity contribution in [2.24, 2.45) is 0 Å². The number of amides is 1. The zero-order valence-corrected chi connectivity index (χ0v) is 21.5. The van der Waals surface area contributed by atoms with Gasteiger partial charge in [-0.3, -0.25) is 9.89 Å². The number of allylic oxidation sites excluding steroid dienone is 1. The van der Waals surface area contributed by atoms with Crippen LogP contribution < -0.4 is 19.7 Å². The number of anilines is 2. The first-order chi connectivity index (χ1) is 16.8. The second kappa shape index (κ2) is 10.1. The Labute approximate surface area is 214 Å². The van der Waals surface area contributed by atoms with Gasteiger partial charge in [-0.15, -0.1) is 0 Å². The number of carbonyl (C=O) groups excluding carboxylic acids is 1. The van der Waals surface area contributed by atoms with E-state index < -0.39 is 0 Å². The number of hydrogen-bond acceptors (Lipinski definition) is 5. The first-order valence-electron chi connectivity index (χ1n) is 10.9. The van der Waals surface area contributed by atoms with E-state index in [-0.39, 0.29) is 5.91 Å². The molecule has 7 nitrogen and oxygen atoms in total. The van der Waals surface area contributed by atoms with E-state index in [2.05, 4.69) is 22.1 Å². The number of fused-ring (bicyclic) bond motifs is 1. The SMILES string of the molecule is C=CC(=O)Nc1cc(N(C)C)ccc1-c1n[nH]c2c1CCC(c1c(Cl)c(OC)cc(OC)c1Cl)=C2. The number of hydrogen-bond donors (Lipinski definition) is 2. The van der Waals surface area contributed by atoms with Crippen LogP contribution in [0.1, 0.15) is 23.2 Å². The summed E-state index contributed by atoms with van der Waals surface area (Å²) in [6.07, 6.45) is 4.62. The van der Waals surface area contributed by atoms with E-state index in [1.165, 1.54) is 6.08 Å². The maximum Gasteiger partial charge on any atom is 0.247 e. The van der Waals surface area contributed by atoms with Crippen LogP contribution in [0.4, 0.5) is 11.4 Å². The van der Waals surface area contributed by atoms with Crippen LogP contribution in [0.25, 0.3) is 22.9 Å². The van der Waals surface area contributed by atoms with Gasteiger partial charge in [0, 0.05) is 42.5 Å². The van der Waals surface area contributed by atoms with E-state index in [4.69, 9.17) is 32.7 Å². The van der Waals surface area contributed by atoms with Gasteiger partial charge in [0.05, 0.1) is 41.3 Å². The molecule has 0 aliphatic heterocycles. The predicted molar refractivity (Wildman–Crippen MR) is 143 cm³/mol. The number of aromatic amines is 1. The summed E-state index contributed by atoms with van der Waals surface area (Å²) in [4.78, 5) is 14.1. The Balaban J connectivity index is 1.80. The highest BCUT2D eigenvalue weighted by molar-refractivity contribution is 6.39.